The minimum atomic E-state index is -1.20. The fraction of sp³-hybridized carbons (Fsp3) is 0. The smallest absolute Gasteiger partial charge is 0.360 e. The maximum Gasteiger partial charge on any atom is 0.360 e. The topological polar surface area (TPSA) is 72.3 Å². The fourth-order valence-electron chi connectivity index (χ4n) is 1.89. The molecule has 2 aromatic carbocycles. The molecule has 104 valence electrons. The molecule has 0 saturated carbocycles. The van der Waals surface area contributed by atoms with Crippen LogP contribution in [0, 0.1) is 0 Å². The van der Waals surface area contributed by atoms with E-state index in [1.54, 1.807) is 48.5 Å². The van der Waals surface area contributed by atoms with Crippen molar-refractivity contribution in [3.63, 3.8) is 0 Å². The van der Waals surface area contributed by atoms with Crippen LogP contribution in [-0.2, 0) is 0 Å². The summed E-state index contributed by atoms with van der Waals surface area (Å²) < 4.78 is 5.70. The van der Waals surface area contributed by atoms with E-state index in [0.29, 0.717) is 21.7 Å². The maximum atomic E-state index is 11.3. The maximum absolute atomic E-state index is 11.3. The molecule has 21 heavy (non-hydrogen) atoms. The third kappa shape index (κ3) is 2.64. The molecule has 3 rings (SSSR count). The Bertz CT molecular complexity index is 819. The molecule has 0 aliphatic carbocycles. The van der Waals surface area contributed by atoms with Crippen LogP contribution in [0.5, 0.6) is 11.5 Å². The highest BCUT2D eigenvalue weighted by Gasteiger charge is 2.18. The van der Waals surface area contributed by atoms with Gasteiger partial charge in [-0.2, -0.15) is 0 Å². The van der Waals surface area contributed by atoms with Crippen molar-refractivity contribution in [2.24, 2.45) is 0 Å². The number of aromatic nitrogens is 2. The fourth-order valence-corrected chi connectivity index (χ4v) is 2.02. The predicted molar refractivity (Wildman–Crippen MR) is 78.0 cm³/mol. The number of hydrogen-bond donors (Lipinski definition) is 1. The first kappa shape index (κ1) is 13.3. The van der Waals surface area contributed by atoms with Gasteiger partial charge in [-0.25, -0.2) is 4.79 Å². The van der Waals surface area contributed by atoms with Crippen molar-refractivity contribution in [1.29, 1.82) is 0 Å². The van der Waals surface area contributed by atoms with Crippen molar-refractivity contribution in [3.8, 4) is 11.5 Å². The number of rotatable bonds is 3. The number of ether oxygens (including phenoxy) is 1. The van der Waals surface area contributed by atoms with Crippen molar-refractivity contribution in [2.45, 2.75) is 0 Å². The second-order valence-electron chi connectivity index (χ2n) is 4.26. The summed E-state index contributed by atoms with van der Waals surface area (Å²) in [5.41, 5.74) is 0.329. The Morgan fingerprint density at radius 2 is 1.76 bits per heavy atom. The summed E-state index contributed by atoms with van der Waals surface area (Å²) in [5.74, 6) is -0.562. The number of nitrogens with zero attached hydrogens (tertiary/aromatic N) is 2. The zero-order valence-electron chi connectivity index (χ0n) is 10.7. The van der Waals surface area contributed by atoms with E-state index in [1.807, 2.05) is 0 Å². The highest BCUT2D eigenvalue weighted by Crippen LogP contribution is 2.31. The number of benzene rings is 2. The highest BCUT2D eigenvalue weighted by atomic mass is 35.5. The van der Waals surface area contributed by atoms with Gasteiger partial charge in [0.2, 0.25) is 5.69 Å². The summed E-state index contributed by atoms with van der Waals surface area (Å²) in [6.45, 7) is 0. The van der Waals surface area contributed by atoms with Crippen LogP contribution >= 0.6 is 11.6 Å². The summed E-state index contributed by atoms with van der Waals surface area (Å²) >= 11 is 5.82. The Labute approximate surface area is 124 Å². The lowest BCUT2D eigenvalue weighted by molar-refractivity contribution is 0.0686. The van der Waals surface area contributed by atoms with Gasteiger partial charge >= 0.3 is 5.97 Å². The highest BCUT2D eigenvalue weighted by molar-refractivity contribution is 6.30. The molecule has 0 atom stereocenters. The van der Waals surface area contributed by atoms with Gasteiger partial charge in [-0.3, -0.25) is 0 Å². The third-order valence-electron chi connectivity index (χ3n) is 2.86. The predicted octanol–water partition coefficient (Wildman–Crippen LogP) is 3.77. The van der Waals surface area contributed by atoms with E-state index < -0.39 is 5.97 Å². The van der Waals surface area contributed by atoms with Gasteiger partial charge in [0.05, 0.1) is 5.52 Å². The quantitative estimate of drug-likeness (QED) is 0.797. The van der Waals surface area contributed by atoms with Crippen molar-refractivity contribution >= 4 is 28.5 Å². The Kier molecular flexibility index (Phi) is 3.41. The SMILES string of the molecule is O=C(O)c1nnc2ccccc2c1Oc1ccc(Cl)cc1. The normalized spacial score (nSPS) is 10.5. The van der Waals surface area contributed by atoms with Crippen LogP contribution in [0.1, 0.15) is 10.5 Å². The molecular weight excluding hydrogens is 292 g/mol. The van der Waals surface area contributed by atoms with Crippen LogP contribution in [0.15, 0.2) is 48.5 Å². The van der Waals surface area contributed by atoms with E-state index in [4.69, 9.17) is 16.3 Å². The van der Waals surface area contributed by atoms with Crippen molar-refractivity contribution in [3.05, 3.63) is 59.2 Å². The first-order chi connectivity index (χ1) is 10.1. The summed E-state index contributed by atoms with van der Waals surface area (Å²) in [7, 11) is 0. The van der Waals surface area contributed by atoms with Crippen LogP contribution < -0.4 is 4.74 Å². The van der Waals surface area contributed by atoms with E-state index in [2.05, 4.69) is 10.2 Å². The molecule has 0 fully saturated rings. The van der Waals surface area contributed by atoms with Crippen molar-refractivity contribution in [2.75, 3.05) is 0 Å². The number of fused-ring (bicyclic) bond motifs is 1. The standard InChI is InChI=1S/C15H9ClN2O3/c16-9-5-7-10(8-6-9)21-14-11-3-1-2-4-12(11)17-18-13(14)15(19)20/h1-8H,(H,19,20). The van der Waals surface area contributed by atoms with Crippen molar-refractivity contribution in [1.82, 2.24) is 10.2 Å². The molecular formula is C15H9ClN2O3. The largest absolute Gasteiger partial charge is 0.476 e. The molecule has 0 amide bonds. The number of carbonyl (C=O) groups is 1. The lowest BCUT2D eigenvalue weighted by Crippen LogP contribution is -2.05. The van der Waals surface area contributed by atoms with E-state index in [-0.39, 0.29) is 11.4 Å². The Hall–Kier alpha value is -2.66. The molecule has 0 spiro atoms. The number of hydrogen-bond acceptors (Lipinski definition) is 4. The molecule has 5 nitrogen and oxygen atoms in total. The Morgan fingerprint density at radius 1 is 1.05 bits per heavy atom. The first-order valence-corrected chi connectivity index (χ1v) is 6.45. The van der Waals surface area contributed by atoms with Crippen LogP contribution in [-0.4, -0.2) is 21.3 Å². The lowest BCUT2D eigenvalue weighted by Gasteiger charge is -2.10. The number of halogens is 1. The van der Waals surface area contributed by atoms with E-state index in [0.717, 1.165) is 0 Å². The van der Waals surface area contributed by atoms with Crippen LogP contribution in [0.3, 0.4) is 0 Å². The van der Waals surface area contributed by atoms with E-state index in [1.165, 1.54) is 0 Å². The molecule has 0 saturated heterocycles. The zero-order valence-corrected chi connectivity index (χ0v) is 11.4. The Morgan fingerprint density at radius 3 is 2.48 bits per heavy atom. The number of carboxylic acid groups (broad SMARTS) is 1. The summed E-state index contributed by atoms with van der Waals surface area (Å²) in [6.07, 6.45) is 0. The minimum Gasteiger partial charge on any atom is -0.476 e. The molecule has 3 aromatic rings. The second-order valence-corrected chi connectivity index (χ2v) is 4.69. The molecule has 0 bridgehead atoms. The molecule has 0 aliphatic rings. The van der Waals surface area contributed by atoms with Crippen LogP contribution in [0.25, 0.3) is 10.9 Å². The molecule has 0 unspecified atom stereocenters. The second kappa shape index (κ2) is 5.38. The lowest BCUT2D eigenvalue weighted by atomic mass is 10.2. The van der Waals surface area contributed by atoms with E-state index in [9.17, 15) is 9.90 Å². The van der Waals surface area contributed by atoms with E-state index >= 15 is 0 Å². The first-order valence-electron chi connectivity index (χ1n) is 6.07. The molecule has 1 N–H and O–H groups in total. The molecule has 6 heteroatoms. The molecule has 1 aromatic heterocycles. The number of aromatic carboxylic acids is 1. The summed E-state index contributed by atoms with van der Waals surface area (Å²) in [6, 6.07) is 13.7. The van der Waals surface area contributed by atoms with Gasteiger partial charge in [-0.15, -0.1) is 10.2 Å². The third-order valence-corrected chi connectivity index (χ3v) is 3.11. The minimum absolute atomic E-state index is 0.162. The van der Waals surface area contributed by atoms with Crippen LogP contribution in [0.4, 0.5) is 0 Å². The van der Waals surface area contributed by atoms with Gasteiger partial charge in [0.1, 0.15) is 5.75 Å². The number of carboxylic acids is 1. The zero-order chi connectivity index (χ0) is 14.8. The van der Waals surface area contributed by atoms with Gasteiger partial charge in [-0.05, 0) is 36.4 Å². The van der Waals surface area contributed by atoms with Gasteiger partial charge in [0, 0.05) is 10.4 Å². The van der Waals surface area contributed by atoms with Gasteiger partial charge < -0.3 is 9.84 Å². The molecule has 0 radical (unpaired) electrons. The van der Waals surface area contributed by atoms with Crippen molar-refractivity contribution < 1.29 is 14.6 Å². The molecule has 1 heterocycles. The average Bonchev–Trinajstić information content (AvgIpc) is 2.49. The van der Waals surface area contributed by atoms with Crippen LogP contribution in [0.2, 0.25) is 5.02 Å². The molecule has 0 aliphatic heterocycles. The van der Waals surface area contributed by atoms with Gasteiger partial charge in [0.15, 0.2) is 5.75 Å². The summed E-state index contributed by atoms with van der Waals surface area (Å²) in [4.78, 5) is 11.3. The van der Waals surface area contributed by atoms with Gasteiger partial charge in [0.25, 0.3) is 0 Å². The van der Waals surface area contributed by atoms with Gasteiger partial charge in [-0.1, -0.05) is 23.7 Å². The monoisotopic (exact) mass is 300 g/mol. The Balaban J connectivity index is 2.16. The average molecular weight is 301 g/mol. The summed E-state index contributed by atoms with van der Waals surface area (Å²) in [5, 5.41) is 18.0.